The Hall–Kier alpha value is -1.14. The Balaban J connectivity index is 3.24. The van der Waals surface area contributed by atoms with Crippen LogP contribution in [0.1, 0.15) is 44.5 Å². The summed E-state index contributed by atoms with van der Waals surface area (Å²) in [7, 11) is -1.72. The molecule has 0 aliphatic heterocycles. The van der Waals surface area contributed by atoms with E-state index in [1.54, 1.807) is 27.2 Å². The normalized spacial score (nSPS) is 12.5. The number of aromatic nitrogens is 1. The highest BCUT2D eigenvalue weighted by atomic mass is 32.2. The summed E-state index contributed by atoms with van der Waals surface area (Å²) in [6.07, 6.45) is 1.72. The minimum Gasteiger partial charge on any atom is -0.496 e. The molecule has 5 nitrogen and oxygen atoms in total. The number of sulfonamides is 1. The predicted molar refractivity (Wildman–Crippen MR) is 85.0 cm³/mol. The van der Waals surface area contributed by atoms with Gasteiger partial charge in [0, 0.05) is 23.4 Å². The summed E-state index contributed by atoms with van der Waals surface area (Å²) < 4.78 is 31.8. The van der Waals surface area contributed by atoms with Crippen LogP contribution in [0.5, 0.6) is 5.75 Å². The molecule has 0 aliphatic rings. The number of ether oxygens (including phenoxy) is 1. The Morgan fingerprint density at radius 2 is 1.81 bits per heavy atom. The number of aryl methyl sites for hydroxylation is 1. The van der Waals surface area contributed by atoms with Gasteiger partial charge in [-0.3, -0.25) is 4.98 Å². The number of methoxy groups -OCH3 is 1. The van der Waals surface area contributed by atoms with Gasteiger partial charge in [-0.15, -0.1) is 0 Å². The topological polar surface area (TPSA) is 59.5 Å². The molecule has 0 aromatic carbocycles. The first kappa shape index (κ1) is 17.9. The molecular weight excluding hydrogens is 288 g/mol. The molecule has 120 valence electrons. The molecule has 1 heterocycles. The van der Waals surface area contributed by atoms with Crippen LogP contribution in [0.2, 0.25) is 0 Å². The summed E-state index contributed by atoms with van der Waals surface area (Å²) in [5.74, 6) is 0.769. The van der Waals surface area contributed by atoms with Gasteiger partial charge in [-0.2, -0.15) is 4.31 Å². The second-order valence-electron chi connectivity index (χ2n) is 5.78. The van der Waals surface area contributed by atoms with E-state index < -0.39 is 15.3 Å². The van der Waals surface area contributed by atoms with Crippen LogP contribution in [0.25, 0.3) is 0 Å². The molecule has 6 heteroatoms. The van der Waals surface area contributed by atoms with Crippen molar-refractivity contribution in [1.82, 2.24) is 9.29 Å². The average Bonchev–Trinajstić information content (AvgIpc) is 2.37. The summed E-state index contributed by atoms with van der Waals surface area (Å²) in [5, 5.41) is -0.451. The van der Waals surface area contributed by atoms with Crippen LogP contribution >= 0.6 is 0 Å². The van der Waals surface area contributed by atoms with E-state index in [1.807, 2.05) is 27.7 Å². The fourth-order valence-electron chi connectivity index (χ4n) is 2.22. The van der Waals surface area contributed by atoms with Gasteiger partial charge in [0.1, 0.15) is 5.75 Å². The van der Waals surface area contributed by atoms with Gasteiger partial charge in [-0.05, 0) is 41.5 Å². The standard InChI is InChI=1S/C15H26N2O3S/c1-10(2)17(21(18,19)11(3)4)9-14-13(6)15(20-7)12(5)8-16-14/h8,10-11H,9H2,1-7H3. The van der Waals surface area contributed by atoms with Crippen molar-refractivity contribution < 1.29 is 13.2 Å². The molecule has 0 unspecified atom stereocenters. The molecule has 0 radical (unpaired) electrons. The van der Waals surface area contributed by atoms with Gasteiger partial charge in [0.2, 0.25) is 10.0 Å². The van der Waals surface area contributed by atoms with Crippen molar-refractivity contribution in [3.05, 3.63) is 23.0 Å². The molecule has 0 saturated carbocycles. The second-order valence-corrected chi connectivity index (χ2v) is 8.22. The summed E-state index contributed by atoms with van der Waals surface area (Å²) in [5.41, 5.74) is 2.57. The van der Waals surface area contributed by atoms with Crippen molar-refractivity contribution in [1.29, 1.82) is 0 Å². The molecule has 0 N–H and O–H groups in total. The Labute approximate surface area is 128 Å². The van der Waals surface area contributed by atoms with E-state index in [0.29, 0.717) is 0 Å². The van der Waals surface area contributed by atoms with Crippen molar-refractivity contribution in [3.8, 4) is 5.75 Å². The van der Waals surface area contributed by atoms with Crippen LogP contribution in [-0.2, 0) is 16.6 Å². The lowest BCUT2D eigenvalue weighted by molar-refractivity contribution is 0.338. The lowest BCUT2D eigenvalue weighted by Gasteiger charge is -2.28. The molecule has 0 aliphatic carbocycles. The van der Waals surface area contributed by atoms with Gasteiger partial charge in [0.25, 0.3) is 0 Å². The number of hydrogen-bond acceptors (Lipinski definition) is 4. The van der Waals surface area contributed by atoms with Crippen molar-refractivity contribution in [3.63, 3.8) is 0 Å². The van der Waals surface area contributed by atoms with Crippen molar-refractivity contribution in [2.24, 2.45) is 0 Å². The first-order valence-electron chi connectivity index (χ1n) is 7.12. The quantitative estimate of drug-likeness (QED) is 0.810. The average molecular weight is 314 g/mol. The van der Waals surface area contributed by atoms with Gasteiger partial charge in [0.15, 0.2) is 0 Å². The summed E-state index contributed by atoms with van der Waals surface area (Å²) in [6, 6.07) is -0.120. The molecule has 0 amide bonds. The zero-order valence-corrected chi connectivity index (χ0v) is 14.8. The Morgan fingerprint density at radius 1 is 1.24 bits per heavy atom. The van der Waals surface area contributed by atoms with E-state index in [4.69, 9.17) is 4.74 Å². The first-order valence-corrected chi connectivity index (χ1v) is 8.63. The van der Waals surface area contributed by atoms with E-state index in [0.717, 1.165) is 22.6 Å². The third kappa shape index (κ3) is 3.74. The Kier molecular flexibility index (Phi) is 5.75. The number of pyridine rings is 1. The third-order valence-corrected chi connectivity index (χ3v) is 5.95. The van der Waals surface area contributed by atoms with Gasteiger partial charge in [0.05, 0.1) is 24.6 Å². The molecule has 0 bridgehead atoms. The highest BCUT2D eigenvalue weighted by Gasteiger charge is 2.29. The molecule has 0 saturated heterocycles. The SMILES string of the molecule is COc1c(C)cnc(CN(C(C)C)S(=O)(=O)C(C)C)c1C. The van der Waals surface area contributed by atoms with Crippen molar-refractivity contribution in [2.45, 2.75) is 59.4 Å². The maximum atomic E-state index is 12.5. The minimum atomic E-state index is -3.33. The smallest absolute Gasteiger partial charge is 0.217 e. The van der Waals surface area contributed by atoms with Crippen molar-refractivity contribution in [2.75, 3.05) is 7.11 Å². The predicted octanol–water partition coefficient (Wildman–Crippen LogP) is 2.66. The largest absolute Gasteiger partial charge is 0.496 e. The van der Waals surface area contributed by atoms with Gasteiger partial charge >= 0.3 is 0 Å². The maximum absolute atomic E-state index is 12.5. The first-order chi connectivity index (χ1) is 9.62. The van der Waals surface area contributed by atoms with Gasteiger partial charge < -0.3 is 4.74 Å². The number of rotatable bonds is 6. The molecule has 0 fully saturated rings. The molecule has 1 rings (SSSR count). The lowest BCUT2D eigenvalue weighted by Crippen LogP contribution is -2.40. The second kappa shape index (κ2) is 6.75. The fraction of sp³-hybridized carbons (Fsp3) is 0.667. The van der Waals surface area contributed by atoms with Gasteiger partial charge in [-0.1, -0.05) is 0 Å². The van der Waals surface area contributed by atoms with Crippen LogP contribution in [0.4, 0.5) is 0 Å². The lowest BCUT2D eigenvalue weighted by atomic mass is 10.1. The van der Waals surface area contributed by atoms with E-state index in [-0.39, 0.29) is 12.6 Å². The zero-order valence-electron chi connectivity index (χ0n) is 14.0. The van der Waals surface area contributed by atoms with E-state index in [2.05, 4.69) is 4.98 Å². The zero-order chi connectivity index (χ0) is 16.4. The molecular formula is C15H26N2O3S. The number of nitrogens with zero attached hydrogens (tertiary/aromatic N) is 2. The number of hydrogen-bond donors (Lipinski definition) is 0. The van der Waals surface area contributed by atoms with Crippen LogP contribution in [0.3, 0.4) is 0 Å². The van der Waals surface area contributed by atoms with Crippen LogP contribution in [0.15, 0.2) is 6.20 Å². The Bertz CT molecular complexity index is 595. The van der Waals surface area contributed by atoms with Crippen LogP contribution in [0, 0.1) is 13.8 Å². The maximum Gasteiger partial charge on any atom is 0.217 e. The van der Waals surface area contributed by atoms with E-state index >= 15 is 0 Å². The molecule has 0 atom stereocenters. The molecule has 0 spiro atoms. The fourth-order valence-corrected chi connectivity index (χ4v) is 3.65. The summed E-state index contributed by atoms with van der Waals surface area (Å²) >= 11 is 0. The van der Waals surface area contributed by atoms with Crippen molar-refractivity contribution >= 4 is 10.0 Å². The third-order valence-electron chi connectivity index (χ3n) is 3.55. The summed E-state index contributed by atoms with van der Waals surface area (Å²) in [6.45, 7) is 11.2. The highest BCUT2D eigenvalue weighted by molar-refractivity contribution is 7.89. The minimum absolute atomic E-state index is 0.120. The van der Waals surface area contributed by atoms with Crippen LogP contribution in [-0.4, -0.2) is 36.1 Å². The molecule has 1 aromatic rings. The van der Waals surface area contributed by atoms with E-state index in [9.17, 15) is 8.42 Å². The summed E-state index contributed by atoms with van der Waals surface area (Å²) in [4.78, 5) is 4.40. The Morgan fingerprint density at radius 3 is 2.24 bits per heavy atom. The molecule has 1 aromatic heterocycles. The monoisotopic (exact) mass is 314 g/mol. The van der Waals surface area contributed by atoms with Gasteiger partial charge in [-0.25, -0.2) is 8.42 Å². The highest BCUT2D eigenvalue weighted by Crippen LogP contribution is 2.26. The van der Waals surface area contributed by atoms with Crippen LogP contribution < -0.4 is 4.74 Å². The van der Waals surface area contributed by atoms with E-state index in [1.165, 1.54) is 4.31 Å². The molecule has 21 heavy (non-hydrogen) atoms.